The van der Waals surface area contributed by atoms with Crippen LogP contribution in [0.3, 0.4) is 0 Å². The number of nitrogens with one attached hydrogen (secondary N) is 2. The number of benzene rings is 2. The van der Waals surface area contributed by atoms with Crippen molar-refractivity contribution in [3.05, 3.63) is 53.6 Å². The first-order chi connectivity index (χ1) is 12.6. The van der Waals surface area contributed by atoms with E-state index >= 15 is 0 Å². The van der Waals surface area contributed by atoms with Gasteiger partial charge in [-0.05, 0) is 55.2 Å². The second kappa shape index (κ2) is 8.95. The van der Waals surface area contributed by atoms with Crippen LogP contribution in [-0.2, 0) is 4.79 Å². The first kappa shape index (κ1) is 18.6. The van der Waals surface area contributed by atoms with Crippen LogP contribution in [0.25, 0.3) is 0 Å². The molecule has 3 rings (SSSR count). The van der Waals surface area contributed by atoms with E-state index in [1.807, 2.05) is 12.1 Å². The molecule has 1 amide bonds. The number of carbonyl (C=O) groups is 1. The van der Waals surface area contributed by atoms with Gasteiger partial charge in [-0.15, -0.1) is 0 Å². The van der Waals surface area contributed by atoms with Crippen molar-refractivity contribution in [3.8, 4) is 0 Å². The molecule has 0 unspecified atom stereocenters. The van der Waals surface area contributed by atoms with Crippen LogP contribution in [0.4, 0.5) is 17.1 Å². The van der Waals surface area contributed by atoms with E-state index < -0.39 is 0 Å². The summed E-state index contributed by atoms with van der Waals surface area (Å²) in [5.74, 6) is 0.786. The van der Waals surface area contributed by atoms with Crippen LogP contribution in [0, 0.1) is 5.92 Å². The Labute approximate surface area is 160 Å². The Morgan fingerprint density at radius 2 is 1.81 bits per heavy atom. The van der Waals surface area contributed by atoms with Gasteiger partial charge in [0.05, 0.1) is 10.7 Å². The average molecular weight is 372 g/mol. The highest BCUT2D eigenvalue weighted by Gasteiger charge is 2.15. The third-order valence-electron chi connectivity index (χ3n) is 4.85. The summed E-state index contributed by atoms with van der Waals surface area (Å²) in [5, 5.41) is 6.69. The van der Waals surface area contributed by atoms with E-state index in [-0.39, 0.29) is 5.91 Å². The molecule has 0 spiro atoms. The number of rotatable bonds is 6. The minimum absolute atomic E-state index is 0.0512. The first-order valence-corrected chi connectivity index (χ1v) is 9.63. The van der Waals surface area contributed by atoms with Gasteiger partial charge < -0.3 is 15.5 Å². The maximum atomic E-state index is 12.0. The zero-order chi connectivity index (χ0) is 18.4. The molecule has 1 aliphatic rings. The summed E-state index contributed by atoms with van der Waals surface area (Å²) in [7, 11) is 0. The predicted octanol–water partition coefficient (Wildman–Crippen LogP) is 5.02. The maximum absolute atomic E-state index is 12.0. The van der Waals surface area contributed by atoms with Crippen LogP contribution < -0.4 is 15.5 Å². The van der Waals surface area contributed by atoms with Gasteiger partial charge in [-0.25, -0.2) is 0 Å². The van der Waals surface area contributed by atoms with E-state index in [1.165, 1.54) is 18.5 Å². The van der Waals surface area contributed by atoms with Gasteiger partial charge in [0, 0.05) is 37.4 Å². The van der Waals surface area contributed by atoms with Gasteiger partial charge >= 0.3 is 0 Å². The molecule has 138 valence electrons. The van der Waals surface area contributed by atoms with Gasteiger partial charge in [-0.3, -0.25) is 4.79 Å². The number of amides is 1. The van der Waals surface area contributed by atoms with E-state index in [9.17, 15) is 4.79 Å². The molecule has 4 nitrogen and oxygen atoms in total. The summed E-state index contributed by atoms with van der Waals surface area (Å²) in [6.07, 6.45) is 2.91. The monoisotopic (exact) mass is 371 g/mol. The minimum atomic E-state index is -0.0512. The summed E-state index contributed by atoms with van der Waals surface area (Å²) in [6.45, 7) is 5.18. The highest BCUT2D eigenvalue weighted by atomic mass is 35.5. The third kappa shape index (κ3) is 5.15. The Hall–Kier alpha value is -2.20. The number of nitrogens with zero attached hydrogens (tertiary/aromatic N) is 1. The number of para-hydroxylation sites is 1. The molecule has 0 radical (unpaired) electrons. The molecule has 0 aliphatic carbocycles. The molecule has 1 fully saturated rings. The van der Waals surface area contributed by atoms with E-state index in [0.717, 1.165) is 24.7 Å². The van der Waals surface area contributed by atoms with Crippen molar-refractivity contribution < 1.29 is 4.79 Å². The molecule has 0 atom stereocenters. The second-order valence-corrected chi connectivity index (χ2v) is 7.33. The fraction of sp³-hybridized carbons (Fsp3) is 0.381. The zero-order valence-electron chi connectivity index (χ0n) is 15.2. The molecule has 2 aromatic rings. The highest BCUT2D eigenvalue weighted by molar-refractivity contribution is 6.33. The Morgan fingerprint density at radius 1 is 1.12 bits per heavy atom. The van der Waals surface area contributed by atoms with Gasteiger partial charge in [0.25, 0.3) is 0 Å². The third-order valence-corrected chi connectivity index (χ3v) is 5.17. The second-order valence-electron chi connectivity index (χ2n) is 6.92. The van der Waals surface area contributed by atoms with Gasteiger partial charge in [0.2, 0.25) is 5.91 Å². The quantitative estimate of drug-likeness (QED) is 0.749. The lowest BCUT2D eigenvalue weighted by Gasteiger charge is -2.32. The maximum Gasteiger partial charge on any atom is 0.226 e. The van der Waals surface area contributed by atoms with E-state index in [0.29, 0.717) is 23.7 Å². The van der Waals surface area contributed by atoms with Gasteiger partial charge in [-0.2, -0.15) is 0 Å². The predicted molar refractivity (Wildman–Crippen MR) is 110 cm³/mol. The number of halogens is 1. The molecule has 0 bridgehead atoms. The van der Waals surface area contributed by atoms with Gasteiger partial charge in [-0.1, -0.05) is 30.7 Å². The summed E-state index contributed by atoms with van der Waals surface area (Å²) in [6, 6.07) is 15.7. The SMILES string of the molecule is CC1CCN(c2ccc(NCCC(=O)Nc3ccccc3Cl)cc2)CC1. The molecule has 0 saturated carbocycles. The summed E-state index contributed by atoms with van der Waals surface area (Å²) in [5.41, 5.74) is 2.96. The van der Waals surface area contributed by atoms with Crippen LogP contribution in [0.1, 0.15) is 26.2 Å². The lowest BCUT2D eigenvalue weighted by Crippen LogP contribution is -2.32. The fourth-order valence-electron chi connectivity index (χ4n) is 3.15. The number of anilines is 3. The highest BCUT2D eigenvalue weighted by Crippen LogP contribution is 2.24. The molecule has 5 heteroatoms. The molecular formula is C21H26ClN3O. The topological polar surface area (TPSA) is 44.4 Å². The van der Waals surface area contributed by atoms with E-state index in [4.69, 9.17) is 11.6 Å². The molecule has 1 saturated heterocycles. The van der Waals surface area contributed by atoms with Crippen LogP contribution >= 0.6 is 11.6 Å². The Morgan fingerprint density at radius 3 is 2.50 bits per heavy atom. The van der Waals surface area contributed by atoms with Crippen molar-refractivity contribution >= 4 is 34.6 Å². The summed E-state index contributed by atoms with van der Waals surface area (Å²) >= 11 is 6.05. The summed E-state index contributed by atoms with van der Waals surface area (Å²) < 4.78 is 0. The van der Waals surface area contributed by atoms with Crippen LogP contribution in [0.5, 0.6) is 0 Å². The molecule has 1 heterocycles. The van der Waals surface area contributed by atoms with Crippen molar-refractivity contribution in [3.63, 3.8) is 0 Å². The van der Waals surface area contributed by atoms with E-state index in [2.05, 4.69) is 46.7 Å². The normalized spacial score (nSPS) is 14.9. The number of carbonyl (C=O) groups excluding carboxylic acids is 1. The van der Waals surface area contributed by atoms with Crippen LogP contribution in [0.2, 0.25) is 5.02 Å². The first-order valence-electron chi connectivity index (χ1n) is 9.25. The minimum Gasteiger partial charge on any atom is -0.385 e. The standard InChI is InChI=1S/C21H26ClN3O/c1-16-11-14-25(15-12-16)18-8-6-17(7-9-18)23-13-10-21(26)24-20-5-3-2-4-19(20)22/h2-9,16,23H,10-15H2,1H3,(H,24,26). The van der Waals surface area contributed by atoms with Gasteiger partial charge in [0.15, 0.2) is 0 Å². The van der Waals surface area contributed by atoms with Crippen molar-refractivity contribution in [1.29, 1.82) is 0 Å². The molecular weight excluding hydrogens is 346 g/mol. The average Bonchev–Trinajstić information content (AvgIpc) is 2.65. The Kier molecular flexibility index (Phi) is 6.40. The largest absolute Gasteiger partial charge is 0.385 e. The van der Waals surface area contributed by atoms with Crippen LogP contribution in [0.15, 0.2) is 48.5 Å². The molecule has 0 aromatic heterocycles. The lowest BCUT2D eigenvalue weighted by atomic mass is 9.99. The zero-order valence-corrected chi connectivity index (χ0v) is 15.9. The van der Waals surface area contributed by atoms with Crippen molar-refractivity contribution in [1.82, 2.24) is 0 Å². The van der Waals surface area contributed by atoms with Crippen LogP contribution in [-0.4, -0.2) is 25.5 Å². The smallest absolute Gasteiger partial charge is 0.226 e. The molecule has 2 aromatic carbocycles. The molecule has 1 aliphatic heterocycles. The Balaban J connectivity index is 1.43. The number of hydrogen-bond donors (Lipinski definition) is 2. The van der Waals surface area contributed by atoms with Crippen molar-refractivity contribution in [2.75, 3.05) is 35.2 Å². The van der Waals surface area contributed by atoms with Gasteiger partial charge in [0.1, 0.15) is 0 Å². The van der Waals surface area contributed by atoms with Crippen molar-refractivity contribution in [2.45, 2.75) is 26.2 Å². The van der Waals surface area contributed by atoms with E-state index in [1.54, 1.807) is 12.1 Å². The fourth-order valence-corrected chi connectivity index (χ4v) is 3.34. The molecule has 2 N–H and O–H groups in total. The number of hydrogen-bond acceptors (Lipinski definition) is 3. The van der Waals surface area contributed by atoms with Crippen molar-refractivity contribution in [2.24, 2.45) is 5.92 Å². The number of piperidine rings is 1. The summed E-state index contributed by atoms with van der Waals surface area (Å²) in [4.78, 5) is 14.5. The lowest BCUT2D eigenvalue weighted by molar-refractivity contribution is -0.115. The Bertz CT molecular complexity index is 724. The molecule has 26 heavy (non-hydrogen) atoms.